The van der Waals surface area contributed by atoms with Crippen molar-refractivity contribution in [2.24, 2.45) is 0 Å². The van der Waals surface area contributed by atoms with E-state index >= 15 is 0 Å². The van der Waals surface area contributed by atoms with Crippen molar-refractivity contribution in [2.45, 2.75) is 76.6 Å². The summed E-state index contributed by atoms with van der Waals surface area (Å²) in [6.07, 6.45) is 6.98. The van der Waals surface area contributed by atoms with Gasteiger partial charge >= 0.3 is 0 Å². The Morgan fingerprint density at radius 3 is 2.59 bits per heavy atom. The van der Waals surface area contributed by atoms with Crippen LogP contribution in [0.25, 0.3) is 0 Å². The first-order valence-corrected chi connectivity index (χ1v) is 7.43. The molecule has 4 atom stereocenters. The van der Waals surface area contributed by atoms with E-state index in [0.717, 1.165) is 19.5 Å². The minimum absolute atomic E-state index is 0.0894. The largest absolute Gasteiger partial charge is 0.391 e. The number of aliphatic hydroxyl groups excluding tert-OH is 1. The van der Waals surface area contributed by atoms with Crippen LogP contribution in [-0.4, -0.2) is 47.3 Å². The van der Waals surface area contributed by atoms with Crippen molar-refractivity contribution >= 4 is 0 Å². The molecule has 1 saturated carbocycles. The van der Waals surface area contributed by atoms with Crippen LogP contribution in [0, 0.1) is 0 Å². The fraction of sp³-hybridized carbons (Fsp3) is 1.00. The predicted molar refractivity (Wildman–Crippen MR) is 71.1 cm³/mol. The Kier molecular flexibility index (Phi) is 4.83. The Balaban J connectivity index is 2.02. The third kappa shape index (κ3) is 3.01. The summed E-state index contributed by atoms with van der Waals surface area (Å²) in [5, 5.41) is 13.9. The number of hydrogen-bond donors (Lipinski definition) is 2. The lowest BCUT2D eigenvalue weighted by Gasteiger charge is -2.47. The van der Waals surface area contributed by atoms with Crippen LogP contribution in [0.1, 0.15) is 52.4 Å². The third-order valence-electron chi connectivity index (χ3n) is 4.63. The summed E-state index contributed by atoms with van der Waals surface area (Å²) < 4.78 is 0. The molecule has 0 spiro atoms. The standard InChI is InChI=1S/C14H28N2O/c1-3-11-10-16(12(4-2)9-15-11)13-7-5-6-8-14(13)17/h11-15,17H,3-10H2,1-2H3. The van der Waals surface area contributed by atoms with Crippen LogP contribution in [0.15, 0.2) is 0 Å². The van der Waals surface area contributed by atoms with E-state index in [1.807, 2.05) is 0 Å². The van der Waals surface area contributed by atoms with Crippen LogP contribution < -0.4 is 5.32 Å². The fourth-order valence-corrected chi connectivity index (χ4v) is 3.43. The van der Waals surface area contributed by atoms with Gasteiger partial charge in [0.25, 0.3) is 0 Å². The zero-order chi connectivity index (χ0) is 12.3. The summed E-state index contributed by atoms with van der Waals surface area (Å²) in [6.45, 7) is 6.73. The molecule has 3 nitrogen and oxygen atoms in total. The maximum absolute atomic E-state index is 10.2. The van der Waals surface area contributed by atoms with Crippen molar-refractivity contribution < 1.29 is 5.11 Å². The maximum Gasteiger partial charge on any atom is 0.0695 e. The molecule has 2 rings (SSSR count). The molecule has 1 heterocycles. The highest BCUT2D eigenvalue weighted by Crippen LogP contribution is 2.27. The number of rotatable bonds is 3. The zero-order valence-electron chi connectivity index (χ0n) is 11.4. The molecule has 2 aliphatic rings. The van der Waals surface area contributed by atoms with E-state index in [2.05, 4.69) is 24.1 Å². The van der Waals surface area contributed by atoms with Crippen molar-refractivity contribution in [1.29, 1.82) is 0 Å². The van der Waals surface area contributed by atoms with Crippen LogP contribution in [0.4, 0.5) is 0 Å². The van der Waals surface area contributed by atoms with E-state index in [0.29, 0.717) is 18.1 Å². The van der Waals surface area contributed by atoms with Crippen LogP contribution >= 0.6 is 0 Å². The summed E-state index contributed by atoms with van der Waals surface area (Å²) in [5.74, 6) is 0. The van der Waals surface area contributed by atoms with Crippen molar-refractivity contribution in [3.63, 3.8) is 0 Å². The van der Waals surface area contributed by atoms with Crippen molar-refractivity contribution in [2.75, 3.05) is 13.1 Å². The van der Waals surface area contributed by atoms with Crippen LogP contribution in [-0.2, 0) is 0 Å². The Labute approximate surface area is 106 Å². The highest BCUT2D eigenvalue weighted by Gasteiger charge is 2.35. The van der Waals surface area contributed by atoms with Gasteiger partial charge in [-0.25, -0.2) is 0 Å². The second kappa shape index (κ2) is 6.17. The first-order valence-electron chi connectivity index (χ1n) is 7.43. The molecular weight excluding hydrogens is 212 g/mol. The molecule has 2 N–H and O–H groups in total. The Morgan fingerprint density at radius 1 is 1.18 bits per heavy atom. The minimum Gasteiger partial charge on any atom is -0.391 e. The van der Waals surface area contributed by atoms with Crippen LogP contribution in [0.3, 0.4) is 0 Å². The number of piperazine rings is 1. The van der Waals surface area contributed by atoms with Gasteiger partial charge in [-0.1, -0.05) is 26.7 Å². The van der Waals surface area contributed by atoms with Crippen molar-refractivity contribution in [3.8, 4) is 0 Å². The van der Waals surface area contributed by atoms with Crippen molar-refractivity contribution in [3.05, 3.63) is 0 Å². The van der Waals surface area contributed by atoms with Gasteiger partial charge in [0.1, 0.15) is 0 Å². The van der Waals surface area contributed by atoms with E-state index in [-0.39, 0.29) is 6.10 Å². The summed E-state index contributed by atoms with van der Waals surface area (Å²) in [5.41, 5.74) is 0. The monoisotopic (exact) mass is 240 g/mol. The summed E-state index contributed by atoms with van der Waals surface area (Å²) in [4.78, 5) is 2.61. The van der Waals surface area contributed by atoms with E-state index in [1.165, 1.54) is 32.1 Å². The van der Waals surface area contributed by atoms with Crippen LogP contribution in [0.5, 0.6) is 0 Å². The molecule has 0 aromatic heterocycles. The van der Waals surface area contributed by atoms with E-state index in [1.54, 1.807) is 0 Å². The average Bonchev–Trinajstić information content (AvgIpc) is 2.38. The smallest absolute Gasteiger partial charge is 0.0695 e. The third-order valence-corrected chi connectivity index (χ3v) is 4.63. The van der Waals surface area contributed by atoms with Gasteiger partial charge in [0.05, 0.1) is 6.10 Å². The summed E-state index contributed by atoms with van der Waals surface area (Å²) in [7, 11) is 0. The minimum atomic E-state index is -0.0894. The number of aliphatic hydroxyl groups is 1. The van der Waals surface area contributed by atoms with Crippen molar-refractivity contribution in [1.82, 2.24) is 10.2 Å². The molecule has 2 fully saturated rings. The van der Waals surface area contributed by atoms with Gasteiger partial charge < -0.3 is 10.4 Å². The van der Waals surface area contributed by atoms with E-state index in [9.17, 15) is 5.11 Å². The van der Waals surface area contributed by atoms with E-state index in [4.69, 9.17) is 0 Å². The van der Waals surface area contributed by atoms with Crippen LogP contribution in [0.2, 0.25) is 0 Å². The lowest BCUT2D eigenvalue weighted by molar-refractivity contribution is -0.0203. The highest BCUT2D eigenvalue weighted by atomic mass is 16.3. The van der Waals surface area contributed by atoms with Gasteiger partial charge in [0.2, 0.25) is 0 Å². The Morgan fingerprint density at radius 2 is 1.94 bits per heavy atom. The summed E-state index contributed by atoms with van der Waals surface area (Å²) in [6, 6.07) is 1.66. The zero-order valence-corrected chi connectivity index (χ0v) is 11.4. The fourth-order valence-electron chi connectivity index (χ4n) is 3.43. The first kappa shape index (κ1) is 13.3. The highest BCUT2D eigenvalue weighted by molar-refractivity contribution is 4.92. The molecule has 3 heteroatoms. The number of nitrogens with zero attached hydrogens (tertiary/aromatic N) is 1. The molecule has 0 radical (unpaired) electrons. The Hall–Kier alpha value is -0.120. The second-order valence-corrected chi connectivity index (χ2v) is 5.69. The number of nitrogens with one attached hydrogen (secondary N) is 1. The van der Waals surface area contributed by atoms with Gasteiger partial charge in [-0.05, 0) is 25.7 Å². The SMILES string of the molecule is CCC1CN(C2CCCCC2O)C(CC)CN1. The summed E-state index contributed by atoms with van der Waals surface area (Å²) >= 11 is 0. The average molecular weight is 240 g/mol. The van der Waals surface area contributed by atoms with Gasteiger partial charge in [-0.3, -0.25) is 4.90 Å². The molecule has 0 aromatic rings. The lowest BCUT2D eigenvalue weighted by Crippen LogP contribution is -2.61. The van der Waals surface area contributed by atoms with Gasteiger partial charge in [0.15, 0.2) is 0 Å². The molecule has 0 aromatic carbocycles. The Bertz CT molecular complexity index is 234. The van der Waals surface area contributed by atoms with Gasteiger partial charge in [0, 0.05) is 31.2 Å². The number of hydrogen-bond acceptors (Lipinski definition) is 3. The molecule has 0 amide bonds. The molecule has 4 unspecified atom stereocenters. The molecule has 100 valence electrons. The molecule has 1 aliphatic carbocycles. The quantitative estimate of drug-likeness (QED) is 0.789. The molecule has 17 heavy (non-hydrogen) atoms. The molecule has 1 aliphatic heterocycles. The van der Waals surface area contributed by atoms with Gasteiger partial charge in [-0.15, -0.1) is 0 Å². The first-order chi connectivity index (χ1) is 8.26. The molecular formula is C14H28N2O. The normalized spacial score (nSPS) is 40.4. The lowest BCUT2D eigenvalue weighted by atomic mass is 9.88. The predicted octanol–water partition coefficient (Wildman–Crippen LogP) is 1.75. The second-order valence-electron chi connectivity index (χ2n) is 5.69. The molecule has 0 bridgehead atoms. The topological polar surface area (TPSA) is 35.5 Å². The maximum atomic E-state index is 10.2. The van der Waals surface area contributed by atoms with Gasteiger partial charge in [-0.2, -0.15) is 0 Å². The van der Waals surface area contributed by atoms with E-state index < -0.39 is 0 Å². The molecule has 1 saturated heterocycles.